The van der Waals surface area contributed by atoms with Crippen LogP contribution in [0.15, 0.2) is 30.6 Å². The standard InChI is InChI=1S/C10H10F2N2O/c1-13-5-6-14-10(15)9-7(11)3-2-4-8(9)12/h2-6,13H,1H3,(H,14,15)/b6-5+. The van der Waals surface area contributed by atoms with Crippen molar-refractivity contribution in [2.24, 2.45) is 0 Å². The summed E-state index contributed by atoms with van der Waals surface area (Å²) in [6.45, 7) is 0. The lowest BCUT2D eigenvalue weighted by Crippen LogP contribution is -2.20. The molecule has 15 heavy (non-hydrogen) atoms. The first-order chi connectivity index (χ1) is 7.16. The molecule has 0 atom stereocenters. The maximum absolute atomic E-state index is 13.1. The lowest BCUT2D eigenvalue weighted by atomic mass is 10.2. The number of carbonyl (C=O) groups is 1. The van der Waals surface area contributed by atoms with E-state index in [-0.39, 0.29) is 0 Å². The van der Waals surface area contributed by atoms with Gasteiger partial charge in [-0.05, 0) is 12.1 Å². The van der Waals surface area contributed by atoms with Crippen LogP contribution in [0.3, 0.4) is 0 Å². The average molecular weight is 212 g/mol. The van der Waals surface area contributed by atoms with Crippen molar-refractivity contribution in [3.8, 4) is 0 Å². The fourth-order valence-electron chi connectivity index (χ4n) is 0.988. The highest BCUT2D eigenvalue weighted by atomic mass is 19.1. The molecule has 0 aliphatic carbocycles. The van der Waals surface area contributed by atoms with Gasteiger partial charge < -0.3 is 10.6 Å². The summed E-state index contributed by atoms with van der Waals surface area (Å²) in [5.74, 6) is -2.59. The van der Waals surface area contributed by atoms with Gasteiger partial charge in [-0.1, -0.05) is 6.07 Å². The van der Waals surface area contributed by atoms with Gasteiger partial charge in [0.15, 0.2) is 0 Å². The van der Waals surface area contributed by atoms with E-state index in [9.17, 15) is 13.6 Å². The van der Waals surface area contributed by atoms with Gasteiger partial charge in [-0.3, -0.25) is 4.79 Å². The molecule has 1 amide bonds. The van der Waals surface area contributed by atoms with Crippen LogP contribution in [-0.4, -0.2) is 13.0 Å². The Hall–Kier alpha value is -1.91. The van der Waals surface area contributed by atoms with Gasteiger partial charge in [0.2, 0.25) is 0 Å². The molecule has 0 aliphatic rings. The molecule has 0 aromatic heterocycles. The van der Waals surface area contributed by atoms with E-state index in [1.807, 2.05) is 0 Å². The minimum atomic E-state index is -0.884. The Morgan fingerprint density at radius 3 is 2.40 bits per heavy atom. The van der Waals surface area contributed by atoms with Gasteiger partial charge in [-0.2, -0.15) is 0 Å². The first-order valence-corrected chi connectivity index (χ1v) is 4.24. The summed E-state index contributed by atoms with van der Waals surface area (Å²) in [6, 6.07) is 3.25. The summed E-state index contributed by atoms with van der Waals surface area (Å²) in [5, 5.41) is 4.84. The van der Waals surface area contributed by atoms with Crippen LogP contribution >= 0.6 is 0 Å². The zero-order valence-corrected chi connectivity index (χ0v) is 8.05. The molecule has 80 valence electrons. The van der Waals surface area contributed by atoms with Crippen LogP contribution in [0.2, 0.25) is 0 Å². The van der Waals surface area contributed by atoms with Crippen LogP contribution < -0.4 is 10.6 Å². The highest BCUT2D eigenvalue weighted by Gasteiger charge is 2.15. The molecule has 0 fully saturated rings. The highest BCUT2D eigenvalue weighted by Crippen LogP contribution is 2.11. The van der Waals surface area contributed by atoms with E-state index in [1.165, 1.54) is 18.5 Å². The second-order valence-corrected chi connectivity index (χ2v) is 2.69. The van der Waals surface area contributed by atoms with Crippen molar-refractivity contribution in [3.05, 3.63) is 47.8 Å². The van der Waals surface area contributed by atoms with E-state index in [0.29, 0.717) is 0 Å². The maximum Gasteiger partial charge on any atom is 0.261 e. The normalized spacial score (nSPS) is 10.3. The molecule has 5 heteroatoms. The SMILES string of the molecule is CN/C=C/NC(=O)c1c(F)cccc1F. The van der Waals surface area contributed by atoms with Crippen LogP contribution in [0.5, 0.6) is 0 Å². The minimum absolute atomic E-state index is 0.585. The lowest BCUT2D eigenvalue weighted by molar-refractivity contribution is 0.0961. The van der Waals surface area contributed by atoms with Gasteiger partial charge in [0, 0.05) is 19.4 Å². The van der Waals surface area contributed by atoms with Crippen molar-refractivity contribution >= 4 is 5.91 Å². The Balaban J connectivity index is 2.86. The first kappa shape index (κ1) is 11.2. The number of carbonyl (C=O) groups excluding carboxylic acids is 1. The predicted octanol–water partition coefficient (Wildman–Crippen LogP) is 1.39. The van der Waals surface area contributed by atoms with E-state index in [1.54, 1.807) is 7.05 Å². The summed E-state index contributed by atoms with van der Waals surface area (Å²) >= 11 is 0. The zero-order valence-electron chi connectivity index (χ0n) is 8.05. The van der Waals surface area contributed by atoms with Gasteiger partial charge in [0.05, 0.1) is 0 Å². The van der Waals surface area contributed by atoms with Gasteiger partial charge in [-0.15, -0.1) is 0 Å². The van der Waals surface area contributed by atoms with Crippen LogP contribution in [0, 0.1) is 11.6 Å². The number of nitrogens with one attached hydrogen (secondary N) is 2. The molecule has 0 bridgehead atoms. The Morgan fingerprint density at radius 1 is 1.27 bits per heavy atom. The van der Waals surface area contributed by atoms with Gasteiger partial charge in [-0.25, -0.2) is 8.78 Å². The van der Waals surface area contributed by atoms with Gasteiger partial charge in [0.25, 0.3) is 5.91 Å². The molecule has 0 heterocycles. The second-order valence-electron chi connectivity index (χ2n) is 2.69. The van der Waals surface area contributed by atoms with E-state index in [0.717, 1.165) is 12.1 Å². The third-order valence-electron chi connectivity index (χ3n) is 1.65. The number of hydrogen-bond donors (Lipinski definition) is 2. The summed E-state index contributed by atoms with van der Waals surface area (Å²) < 4.78 is 26.1. The summed E-state index contributed by atoms with van der Waals surface area (Å²) in [6.07, 6.45) is 2.69. The van der Waals surface area contributed by atoms with Crippen molar-refractivity contribution < 1.29 is 13.6 Å². The summed E-state index contributed by atoms with van der Waals surface area (Å²) in [7, 11) is 1.63. The molecule has 3 nitrogen and oxygen atoms in total. The van der Waals surface area contributed by atoms with E-state index in [2.05, 4.69) is 10.6 Å². The number of amides is 1. The van der Waals surface area contributed by atoms with Crippen molar-refractivity contribution in [1.82, 2.24) is 10.6 Å². The largest absolute Gasteiger partial charge is 0.393 e. The Labute approximate surface area is 85.8 Å². The number of benzene rings is 1. The molecular formula is C10H10F2N2O. The van der Waals surface area contributed by atoms with Crippen LogP contribution in [-0.2, 0) is 0 Å². The van der Waals surface area contributed by atoms with Crippen molar-refractivity contribution in [3.63, 3.8) is 0 Å². The van der Waals surface area contributed by atoms with Crippen molar-refractivity contribution in [2.45, 2.75) is 0 Å². The summed E-state index contributed by atoms with van der Waals surface area (Å²) in [5.41, 5.74) is -0.585. The van der Waals surface area contributed by atoms with Crippen LogP contribution in [0.25, 0.3) is 0 Å². The van der Waals surface area contributed by atoms with E-state index in [4.69, 9.17) is 0 Å². The quantitative estimate of drug-likeness (QED) is 0.794. The van der Waals surface area contributed by atoms with E-state index < -0.39 is 23.1 Å². The Bertz CT molecular complexity index is 371. The van der Waals surface area contributed by atoms with Crippen molar-refractivity contribution in [1.29, 1.82) is 0 Å². The highest BCUT2D eigenvalue weighted by molar-refractivity contribution is 5.95. The Kier molecular flexibility index (Phi) is 3.79. The average Bonchev–Trinajstić information content (AvgIpc) is 2.18. The second kappa shape index (κ2) is 5.09. The summed E-state index contributed by atoms with van der Waals surface area (Å²) in [4.78, 5) is 11.3. The fourth-order valence-corrected chi connectivity index (χ4v) is 0.988. The molecule has 0 saturated carbocycles. The number of rotatable bonds is 3. The molecule has 0 saturated heterocycles. The van der Waals surface area contributed by atoms with Gasteiger partial charge >= 0.3 is 0 Å². The first-order valence-electron chi connectivity index (χ1n) is 4.24. The van der Waals surface area contributed by atoms with Crippen LogP contribution in [0.4, 0.5) is 8.78 Å². The third-order valence-corrected chi connectivity index (χ3v) is 1.65. The molecule has 0 spiro atoms. The van der Waals surface area contributed by atoms with Gasteiger partial charge in [0.1, 0.15) is 17.2 Å². The monoisotopic (exact) mass is 212 g/mol. The number of halogens is 2. The topological polar surface area (TPSA) is 41.1 Å². The van der Waals surface area contributed by atoms with Crippen molar-refractivity contribution in [2.75, 3.05) is 7.05 Å². The lowest BCUT2D eigenvalue weighted by Gasteiger charge is -2.02. The third kappa shape index (κ3) is 2.77. The minimum Gasteiger partial charge on any atom is -0.393 e. The molecule has 2 N–H and O–H groups in total. The van der Waals surface area contributed by atoms with E-state index >= 15 is 0 Å². The molecule has 0 aliphatic heterocycles. The molecular weight excluding hydrogens is 202 g/mol. The smallest absolute Gasteiger partial charge is 0.261 e. The predicted molar refractivity (Wildman–Crippen MR) is 52.0 cm³/mol. The fraction of sp³-hybridized carbons (Fsp3) is 0.100. The molecule has 0 radical (unpaired) electrons. The molecule has 1 aromatic rings. The maximum atomic E-state index is 13.1. The molecule has 1 aromatic carbocycles. The molecule has 0 unspecified atom stereocenters. The Morgan fingerprint density at radius 2 is 1.87 bits per heavy atom. The zero-order chi connectivity index (χ0) is 11.3. The molecule has 1 rings (SSSR count). The van der Waals surface area contributed by atoms with Crippen LogP contribution in [0.1, 0.15) is 10.4 Å². The number of hydrogen-bond acceptors (Lipinski definition) is 2.